The van der Waals surface area contributed by atoms with Crippen molar-refractivity contribution in [2.45, 2.75) is 45.1 Å². The Morgan fingerprint density at radius 3 is 2.48 bits per heavy atom. The summed E-state index contributed by atoms with van der Waals surface area (Å²) in [6.07, 6.45) is 0.844. The van der Waals surface area contributed by atoms with Gasteiger partial charge in [-0.05, 0) is 43.9 Å². The van der Waals surface area contributed by atoms with E-state index in [1.54, 1.807) is 19.1 Å². The Morgan fingerprint density at radius 2 is 1.91 bits per heavy atom. The Morgan fingerprint density at radius 1 is 1.26 bits per heavy atom. The second-order valence-corrected chi connectivity index (χ2v) is 7.65. The average Bonchev–Trinajstić information content (AvgIpc) is 2.46. The van der Waals surface area contributed by atoms with Gasteiger partial charge in [0, 0.05) is 6.54 Å². The summed E-state index contributed by atoms with van der Waals surface area (Å²) in [6.45, 7) is 7.95. The monoisotopic (exact) mass is 342 g/mol. The van der Waals surface area contributed by atoms with E-state index in [-0.39, 0.29) is 16.6 Å². The molecule has 0 fully saturated rings. The van der Waals surface area contributed by atoms with Gasteiger partial charge in [0.2, 0.25) is 15.9 Å². The van der Waals surface area contributed by atoms with Crippen LogP contribution in [0.1, 0.15) is 32.8 Å². The molecule has 23 heavy (non-hydrogen) atoms. The molecule has 1 aromatic carbocycles. The SMILES string of the molecule is COc1ccc(C)cc1S(=O)(=O)N[C@H](C)C(=O)NCCC(C)C. The zero-order valence-corrected chi connectivity index (χ0v) is 15.2. The van der Waals surface area contributed by atoms with E-state index in [0.717, 1.165) is 12.0 Å². The van der Waals surface area contributed by atoms with E-state index in [2.05, 4.69) is 23.9 Å². The van der Waals surface area contributed by atoms with Crippen LogP contribution in [0.3, 0.4) is 0 Å². The van der Waals surface area contributed by atoms with Gasteiger partial charge < -0.3 is 10.1 Å². The van der Waals surface area contributed by atoms with Crippen LogP contribution < -0.4 is 14.8 Å². The fraction of sp³-hybridized carbons (Fsp3) is 0.562. The van der Waals surface area contributed by atoms with E-state index in [1.165, 1.54) is 20.1 Å². The molecule has 0 aromatic heterocycles. The third-order valence-electron chi connectivity index (χ3n) is 3.35. The molecule has 1 rings (SSSR count). The summed E-state index contributed by atoms with van der Waals surface area (Å²) in [5, 5.41) is 2.73. The number of methoxy groups -OCH3 is 1. The molecule has 0 aliphatic rings. The molecule has 2 N–H and O–H groups in total. The van der Waals surface area contributed by atoms with Gasteiger partial charge in [-0.25, -0.2) is 8.42 Å². The Bertz CT molecular complexity index is 641. The quantitative estimate of drug-likeness (QED) is 0.755. The van der Waals surface area contributed by atoms with E-state index < -0.39 is 16.1 Å². The van der Waals surface area contributed by atoms with Crippen LogP contribution in [-0.2, 0) is 14.8 Å². The van der Waals surface area contributed by atoms with Crippen molar-refractivity contribution < 1.29 is 17.9 Å². The van der Waals surface area contributed by atoms with Crippen molar-refractivity contribution >= 4 is 15.9 Å². The van der Waals surface area contributed by atoms with Gasteiger partial charge in [0.05, 0.1) is 13.2 Å². The lowest BCUT2D eigenvalue weighted by Crippen LogP contribution is -2.45. The largest absolute Gasteiger partial charge is 0.495 e. The van der Waals surface area contributed by atoms with E-state index in [4.69, 9.17) is 4.74 Å². The molecule has 1 amide bonds. The Kier molecular flexibility index (Phi) is 7.02. The molecule has 0 aliphatic carbocycles. The lowest BCUT2D eigenvalue weighted by Gasteiger charge is -2.16. The average molecular weight is 342 g/mol. The maximum absolute atomic E-state index is 12.5. The van der Waals surface area contributed by atoms with Crippen molar-refractivity contribution in [2.75, 3.05) is 13.7 Å². The molecule has 6 nitrogen and oxygen atoms in total. The molecular formula is C16H26N2O4S. The fourth-order valence-corrected chi connectivity index (χ4v) is 3.44. The van der Waals surface area contributed by atoms with Crippen LogP contribution in [0.2, 0.25) is 0 Å². The van der Waals surface area contributed by atoms with Crippen molar-refractivity contribution in [3.8, 4) is 5.75 Å². The Balaban J connectivity index is 2.82. The predicted molar refractivity (Wildman–Crippen MR) is 90.0 cm³/mol. The molecule has 7 heteroatoms. The number of hydrogen-bond donors (Lipinski definition) is 2. The highest BCUT2D eigenvalue weighted by Gasteiger charge is 2.25. The fourth-order valence-electron chi connectivity index (χ4n) is 1.98. The van der Waals surface area contributed by atoms with E-state index in [0.29, 0.717) is 12.5 Å². The lowest BCUT2D eigenvalue weighted by atomic mass is 10.1. The first-order valence-corrected chi connectivity index (χ1v) is 9.10. The molecule has 0 radical (unpaired) electrons. The normalized spacial score (nSPS) is 13.0. The Labute approximate surface area is 138 Å². The topological polar surface area (TPSA) is 84.5 Å². The van der Waals surface area contributed by atoms with Crippen molar-refractivity contribution in [1.82, 2.24) is 10.0 Å². The van der Waals surface area contributed by atoms with Crippen LogP contribution in [0, 0.1) is 12.8 Å². The minimum Gasteiger partial charge on any atom is -0.495 e. The second kappa shape index (κ2) is 8.31. The summed E-state index contributed by atoms with van der Waals surface area (Å²) < 4.78 is 32.5. The number of hydrogen-bond acceptors (Lipinski definition) is 4. The first kappa shape index (κ1) is 19.4. The van der Waals surface area contributed by atoms with Crippen LogP contribution in [-0.4, -0.2) is 34.0 Å². The van der Waals surface area contributed by atoms with Gasteiger partial charge in [-0.2, -0.15) is 4.72 Å². The number of carbonyl (C=O) groups excluding carboxylic acids is 1. The van der Waals surface area contributed by atoms with Crippen molar-refractivity contribution in [1.29, 1.82) is 0 Å². The number of amides is 1. The van der Waals surface area contributed by atoms with Gasteiger partial charge in [0.25, 0.3) is 0 Å². The molecule has 0 unspecified atom stereocenters. The zero-order valence-electron chi connectivity index (χ0n) is 14.3. The molecule has 130 valence electrons. The number of carbonyl (C=O) groups is 1. The smallest absolute Gasteiger partial charge is 0.244 e. The molecule has 0 aliphatic heterocycles. The number of rotatable bonds is 8. The highest BCUT2D eigenvalue weighted by atomic mass is 32.2. The van der Waals surface area contributed by atoms with Crippen molar-refractivity contribution in [2.24, 2.45) is 5.92 Å². The third kappa shape index (κ3) is 5.84. The molecule has 0 bridgehead atoms. The third-order valence-corrected chi connectivity index (χ3v) is 4.92. The summed E-state index contributed by atoms with van der Waals surface area (Å²) >= 11 is 0. The summed E-state index contributed by atoms with van der Waals surface area (Å²) in [6, 6.07) is 4.01. The molecule has 0 heterocycles. The summed E-state index contributed by atoms with van der Waals surface area (Å²) in [5.41, 5.74) is 0.792. The summed E-state index contributed by atoms with van der Waals surface area (Å²) in [4.78, 5) is 12.0. The number of ether oxygens (including phenoxy) is 1. The van der Waals surface area contributed by atoms with Gasteiger partial charge in [-0.15, -0.1) is 0 Å². The van der Waals surface area contributed by atoms with Gasteiger partial charge in [-0.1, -0.05) is 19.9 Å². The number of benzene rings is 1. The summed E-state index contributed by atoms with van der Waals surface area (Å²) in [7, 11) is -2.44. The maximum Gasteiger partial charge on any atom is 0.244 e. The highest BCUT2D eigenvalue weighted by molar-refractivity contribution is 7.89. The summed E-state index contributed by atoms with van der Waals surface area (Å²) in [5.74, 6) is 0.371. The van der Waals surface area contributed by atoms with Gasteiger partial charge >= 0.3 is 0 Å². The lowest BCUT2D eigenvalue weighted by molar-refractivity contribution is -0.122. The molecule has 1 aromatic rings. The minimum atomic E-state index is -3.85. The van der Waals surface area contributed by atoms with Crippen LogP contribution in [0.4, 0.5) is 0 Å². The zero-order chi connectivity index (χ0) is 17.6. The minimum absolute atomic E-state index is 0.0295. The molecule has 0 saturated heterocycles. The molecule has 0 saturated carbocycles. The predicted octanol–water partition coefficient (Wildman–Crippen LogP) is 1.83. The van der Waals surface area contributed by atoms with Gasteiger partial charge in [0.15, 0.2) is 0 Å². The molecule has 0 spiro atoms. The first-order valence-electron chi connectivity index (χ1n) is 7.62. The second-order valence-electron chi connectivity index (χ2n) is 5.97. The van der Waals surface area contributed by atoms with Crippen LogP contribution in [0.15, 0.2) is 23.1 Å². The van der Waals surface area contributed by atoms with Crippen LogP contribution >= 0.6 is 0 Å². The van der Waals surface area contributed by atoms with Gasteiger partial charge in [-0.3, -0.25) is 4.79 Å². The maximum atomic E-state index is 12.5. The van der Waals surface area contributed by atoms with E-state index in [9.17, 15) is 13.2 Å². The van der Waals surface area contributed by atoms with Crippen LogP contribution in [0.25, 0.3) is 0 Å². The standard InChI is InChI=1S/C16H26N2O4S/c1-11(2)8-9-17-16(19)13(4)18-23(20,21)15-10-12(3)6-7-14(15)22-5/h6-7,10-11,13,18H,8-9H2,1-5H3,(H,17,19)/t13-/m1/s1. The van der Waals surface area contributed by atoms with Crippen molar-refractivity contribution in [3.05, 3.63) is 23.8 Å². The van der Waals surface area contributed by atoms with Crippen molar-refractivity contribution in [3.63, 3.8) is 0 Å². The number of nitrogens with one attached hydrogen (secondary N) is 2. The Hall–Kier alpha value is -1.60. The highest BCUT2D eigenvalue weighted by Crippen LogP contribution is 2.24. The van der Waals surface area contributed by atoms with Gasteiger partial charge in [0.1, 0.15) is 10.6 Å². The number of aryl methyl sites for hydroxylation is 1. The first-order chi connectivity index (χ1) is 10.7. The van der Waals surface area contributed by atoms with Crippen LogP contribution in [0.5, 0.6) is 5.75 Å². The molecule has 1 atom stereocenters. The number of sulfonamides is 1. The molecular weight excluding hydrogens is 316 g/mol. The van der Waals surface area contributed by atoms with E-state index in [1.807, 2.05) is 0 Å². The van der Waals surface area contributed by atoms with E-state index >= 15 is 0 Å².